The van der Waals surface area contributed by atoms with Gasteiger partial charge in [0.25, 0.3) is 0 Å². The maximum absolute atomic E-state index is 5.90. The third-order valence-corrected chi connectivity index (χ3v) is 2.59. The molecule has 1 aromatic carbocycles. The Balaban J connectivity index is 2.23. The maximum Gasteiger partial charge on any atom is 0.147 e. The first-order valence-electron chi connectivity index (χ1n) is 6.42. The molecule has 0 saturated heterocycles. The average molecular weight is 254 g/mol. The van der Waals surface area contributed by atoms with Crippen molar-refractivity contribution in [2.45, 2.75) is 13.8 Å². The quantitative estimate of drug-likeness (QED) is 0.861. The molecule has 3 nitrogen and oxygen atoms in total. The summed E-state index contributed by atoms with van der Waals surface area (Å²) in [5.41, 5.74) is 2.02. The molecular weight excluding hydrogens is 236 g/mol. The molecule has 0 bridgehead atoms. The SMILES string of the molecule is C/C=C/c1ccccc1Oc1cncc(NCC)c1. The molecule has 0 spiro atoms. The zero-order chi connectivity index (χ0) is 13.5. The fraction of sp³-hybridized carbons (Fsp3) is 0.188. The molecule has 0 atom stereocenters. The number of rotatable bonds is 5. The summed E-state index contributed by atoms with van der Waals surface area (Å²) in [6, 6.07) is 9.88. The number of anilines is 1. The number of hydrogen-bond donors (Lipinski definition) is 1. The predicted octanol–water partition coefficient (Wildman–Crippen LogP) is 4.34. The molecule has 3 heteroatoms. The van der Waals surface area contributed by atoms with Crippen LogP contribution in [0.4, 0.5) is 5.69 Å². The van der Waals surface area contributed by atoms with E-state index in [4.69, 9.17) is 4.74 Å². The highest BCUT2D eigenvalue weighted by Gasteiger charge is 2.03. The number of pyridine rings is 1. The van der Waals surface area contributed by atoms with E-state index in [0.29, 0.717) is 0 Å². The molecule has 1 aromatic heterocycles. The highest BCUT2D eigenvalue weighted by atomic mass is 16.5. The Morgan fingerprint density at radius 1 is 1.26 bits per heavy atom. The van der Waals surface area contributed by atoms with Gasteiger partial charge in [-0.3, -0.25) is 4.98 Å². The van der Waals surface area contributed by atoms with E-state index in [-0.39, 0.29) is 0 Å². The van der Waals surface area contributed by atoms with Crippen LogP contribution < -0.4 is 10.1 Å². The Morgan fingerprint density at radius 2 is 2.11 bits per heavy atom. The molecule has 0 amide bonds. The van der Waals surface area contributed by atoms with Crippen molar-refractivity contribution < 1.29 is 4.74 Å². The van der Waals surface area contributed by atoms with E-state index in [1.807, 2.05) is 49.4 Å². The smallest absolute Gasteiger partial charge is 0.147 e. The van der Waals surface area contributed by atoms with Crippen molar-refractivity contribution in [3.8, 4) is 11.5 Å². The van der Waals surface area contributed by atoms with Gasteiger partial charge in [0, 0.05) is 18.2 Å². The molecular formula is C16H18N2O. The Kier molecular flexibility index (Phi) is 4.56. The minimum Gasteiger partial charge on any atom is -0.455 e. The standard InChI is InChI=1S/C16H18N2O/c1-3-7-13-8-5-6-9-16(13)19-15-10-14(18-4-2)11-17-12-15/h3,5-12,18H,4H2,1-2H3/b7-3+. The second-order valence-corrected chi connectivity index (χ2v) is 4.08. The summed E-state index contributed by atoms with van der Waals surface area (Å²) in [7, 11) is 0. The minimum absolute atomic E-state index is 0.732. The zero-order valence-corrected chi connectivity index (χ0v) is 11.3. The van der Waals surface area contributed by atoms with Gasteiger partial charge in [0.2, 0.25) is 0 Å². The highest BCUT2D eigenvalue weighted by Crippen LogP contribution is 2.27. The average Bonchev–Trinajstić information content (AvgIpc) is 2.42. The minimum atomic E-state index is 0.732. The second kappa shape index (κ2) is 6.59. The molecule has 0 unspecified atom stereocenters. The number of allylic oxidation sites excluding steroid dienone is 1. The van der Waals surface area contributed by atoms with Crippen molar-refractivity contribution in [3.63, 3.8) is 0 Å². The number of nitrogens with zero attached hydrogens (tertiary/aromatic N) is 1. The molecule has 0 aliphatic rings. The summed E-state index contributed by atoms with van der Waals surface area (Å²) in [4.78, 5) is 4.17. The lowest BCUT2D eigenvalue weighted by Crippen LogP contribution is -1.97. The lowest BCUT2D eigenvalue weighted by Gasteiger charge is -2.10. The third-order valence-electron chi connectivity index (χ3n) is 2.59. The molecule has 2 rings (SSSR count). The lowest BCUT2D eigenvalue weighted by molar-refractivity contribution is 0.479. The van der Waals surface area contributed by atoms with E-state index in [9.17, 15) is 0 Å². The van der Waals surface area contributed by atoms with E-state index in [2.05, 4.69) is 17.2 Å². The number of benzene rings is 1. The van der Waals surface area contributed by atoms with Crippen LogP contribution >= 0.6 is 0 Å². The molecule has 2 aromatic rings. The number of hydrogen-bond acceptors (Lipinski definition) is 3. The summed E-state index contributed by atoms with van der Waals surface area (Å²) < 4.78 is 5.90. The Labute approximate surface area is 114 Å². The van der Waals surface area contributed by atoms with Gasteiger partial charge in [-0.25, -0.2) is 0 Å². The van der Waals surface area contributed by atoms with Crippen LogP contribution in [0.3, 0.4) is 0 Å². The van der Waals surface area contributed by atoms with Crippen molar-refractivity contribution in [1.82, 2.24) is 4.98 Å². The van der Waals surface area contributed by atoms with Gasteiger partial charge < -0.3 is 10.1 Å². The van der Waals surface area contributed by atoms with Crippen LogP contribution in [0.2, 0.25) is 0 Å². The largest absolute Gasteiger partial charge is 0.455 e. The zero-order valence-electron chi connectivity index (χ0n) is 11.3. The summed E-state index contributed by atoms with van der Waals surface area (Å²) in [5.74, 6) is 1.56. The predicted molar refractivity (Wildman–Crippen MR) is 79.6 cm³/mol. The molecule has 0 saturated carbocycles. The van der Waals surface area contributed by atoms with Crippen molar-refractivity contribution in [1.29, 1.82) is 0 Å². The molecule has 1 heterocycles. The second-order valence-electron chi connectivity index (χ2n) is 4.08. The van der Waals surface area contributed by atoms with Gasteiger partial charge in [-0.2, -0.15) is 0 Å². The fourth-order valence-electron chi connectivity index (χ4n) is 1.79. The number of ether oxygens (including phenoxy) is 1. The van der Waals surface area contributed by atoms with Crippen molar-refractivity contribution in [3.05, 3.63) is 54.4 Å². The van der Waals surface area contributed by atoms with E-state index in [1.165, 1.54) is 0 Å². The molecule has 0 radical (unpaired) electrons. The topological polar surface area (TPSA) is 34.1 Å². The Bertz CT molecular complexity index is 564. The first-order chi connectivity index (χ1) is 9.33. The van der Waals surface area contributed by atoms with Gasteiger partial charge in [-0.05, 0) is 19.9 Å². The monoisotopic (exact) mass is 254 g/mol. The van der Waals surface area contributed by atoms with Crippen molar-refractivity contribution in [2.75, 3.05) is 11.9 Å². The van der Waals surface area contributed by atoms with Crippen LogP contribution in [0.25, 0.3) is 6.08 Å². The van der Waals surface area contributed by atoms with Crippen LogP contribution in [0.15, 0.2) is 48.8 Å². The number of nitrogens with one attached hydrogen (secondary N) is 1. The van der Waals surface area contributed by atoms with Gasteiger partial charge in [0.05, 0.1) is 18.1 Å². The molecule has 0 aliphatic carbocycles. The van der Waals surface area contributed by atoms with Crippen LogP contribution in [-0.4, -0.2) is 11.5 Å². The van der Waals surface area contributed by atoms with E-state index in [0.717, 1.165) is 29.3 Å². The fourth-order valence-corrected chi connectivity index (χ4v) is 1.79. The van der Waals surface area contributed by atoms with E-state index < -0.39 is 0 Å². The summed E-state index contributed by atoms with van der Waals surface area (Å²) in [5, 5.41) is 3.22. The van der Waals surface area contributed by atoms with Gasteiger partial charge in [0.1, 0.15) is 11.5 Å². The molecule has 1 N–H and O–H groups in total. The number of para-hydroxylation sites is 1. The van der Waals surface area contributed by atoms with Crippen LogP contribution in [0, 0.1) is 0 Å². The summed E-state index contributed by atoms with van der Waals surface area (Å²) >= 11 is 0. The maximum atomic E-state index is 5.90. The number of aromatic nitrogens is 1. The first-order valence-corrected chi connectivity index (χ1v) is 6.42. The Hall–Kier alpha value is -2.29. The van der Waals surface area contributed by atoms with Gasteiger partial charge in [-0.1, -0.05) is 30.4 Å². The molecule has 98 valence electrons. The normalized spacial score (nSPS) is 10.6. The first kappa shape index (κ1) is 13.1. The van der Waals surface area contributed by atoms with Gasteiger partial charge in [-0.15, -0.1) is 0 Å². The summed E-state index contributed by atoms with van der Waals surface area (Å²) in [6.45, 7) is 4.90. The van der Waals surface area contributed by atoms with Crippen LogP contribution in [0.1, 0.15) is 19.4 Å². The lowest BCUT2D eigenvalue weighted by atomic mass is 10.2. The highest BCUT2D eigenvalue weighted by molar-refractivity contribution is 5.58. The van der Waals surface area contributed by atoms with Crippen molar-refractivity contribution in [2.24, 2.45) is 0 Å². The third kappa shape index (κ3) is 3.58. The van der Waals surface area contributed by atoms with E-state index >= 15 is 0 Å². The van der Waals surface area contributed by atoms with Gasteiger partial charge in [0.15, 0.2) is 0 Å². The van der Waals surface area contributed by atoms with Crippen molar-refractivity contribution >= 4 is 11.8 Å². The summed E-state index contributed by atoms with van der Waals surface area (Å²) in [6.07, 6.45) is 7.52. The van der Waals surface area contributed by atoms with E-state index in [1.54, 1.807) is 12.4 Å². The molecule has 19 heavy (non-hydrogen) atoms. The molecule has 0 aliphatic heterocycles. The molecule has 0 fully saturated rings. The van der Waals surface area contributed by atoms with Crippen LogP contribution in [-0.2, 0) is 0 Å². The Morgan fingerprint density at radius 3 is 2.89 bits per heavy atom. The van der Waals surface area contributed by atoms with Gasteiger partial charge >= 0.3 is 0 Å². The van der Waals surface area contributed by atoms with Crippen LogP contribution in [0.5, 0.6) is 11.5 Å².